The number of fused-ring (bicyclic) bond motifs is 3. The molecule has 17 atom stereocenters. The summed E-state index contributed by atoms with van der Waals surface area (Å²) in [7, 11) is 0. The molecule has 17 heteroatoms. The van der Waals surface area contributed by atoms with E-state index in [1.54, 1.807) is 13.0 Å². The highest BCUT2D eigenvalue weighted by atomic mass is 16.8. The fourth-order valence-electron chi connectivity index (χ4n) is 7.41. The van der Waals surface area contributed by atoms with Crippen LogP contribution in [0.1, 0.15) is 33.6 Å². The highest BCUT2D eigenvalue weighted by Gasteiger charge is 2.50. The number of esters is 2. The van der Waals surface area contributed by atoms with E-state index in [-0.39, 0.29) is 48.9 Å². The van der Waals surface area contributed by atoms with Crippen LogP contribution in [0.5, 0.6) is 0 Å². The summed E-state index contributed by atoms with van der Waals surface area (Å²) in [5, 5.41) is 80.3. The molecule has 17 unspecified atom stereocenters. The third-order valence-corrected chi connectivity index (χ3v) is 10.5. The van der Waals surface area contributed by atoms with Crippen LogP contribution < -0.4 is 0 Å². The van der Waals surface area contributed by atoms with Crippen LogP contribution in [0, 0.1) is 29.6 Å². The minimum Gasteiger partial charge on any atom is -0.468 e. The second-order valence-corrected chi connectivity index (χ2v) is 13.5. The fourth-order valence-corrected chi connectivity index (χ4v) is 7.41. The summed E-state index contributed by atoms with van der Waals surface area (Å²) in [6.45, 7) is 4.20. The van der Waals surface area contributed by atoms with Gasteiger partial charge >= 0.3 is 11.9 Å². The number of carbonyl (C=O) groups excluding carboxylic acids is 2. The van der Waals surface area contributed by atoms with Gasteiger partial charge in [-0.05, 0) is 31.1 Å². The predicted octanol–water partition coefficient (Wildman–Crippen LogP) is -2.81. The molecule has 0 aromatic heterocycles. The first-order valence-corrected chi connectivity index (χ1v) is 16.6. The predicted molar refractivity (Wildman–Crippen MR) is 160 cm³/mol. The molecule has 2 bridgehead atoms. The first-order valence-electron chi connectivity index (χ1n) is 16.6. The highest BCUT2D eigenvalue weighted by molar-refractivity contribution is 5.91. The molecule has 8 N–H and O–H groups in total. The third-order valence-electron chi connectivity index (χ3n) is 10.5. The van der Waals surface area contributed by atoms with E-state index in [1.807, 2.05) is 13.8 Å². The minimum atomic E-state index is -1.71. The molecule has 0 spiro atoms. The molecule has 4 heterocycles. The Hall–Kier alpha value is -2.26. The summed E-state index contributed by atoms with van der Waals surface area (Å²) in [6, 6.07) is 0. The molecule has 0 radical (unpaired) electrons. The molecule has 0 aromatic carbocycles. The van der Waals surface area contributed by atoms with E-state index < -0.39 is 105 Å². The van der Waals surface area contributed by atoms with Crippen molar-refractivity contribution in [2.24, 2.45) is 29.6 Å². The van der Waals surface area contributed by atoms with Crippen LogP contribution in [0.25, 0.3) is 0 Å². The summed E-state index contributed by atoms with van der Waals surface area (Å²) in [6.07, 6.45) is -13.9. The van der Waals surface area contributed by atoms with Gasteiger partial charge in [0.15, 0.2) is 12.6 Å². The Bertz CT molecular complexity index is 1220. The second-order valence-electron chi connectivity index (χ2n) is 13.5. The Morgan fingerprint density at radius 2 is 1.53 bits per heavy atom. The monoisotopic (exact) mass is 704 g/mol. The summed E-state index contributed by atoms with van der Waals surface area (Å²) in [4.78, 5) is 27.0. The van der Waals surface area contributed by atoms with E-state index in [2.05, 4.69) is 0 Å². The van der Waals surface area contributed by atoms with Gasteiger partial charge in [-0.3, -0.25) is 4.79 Å². The van der Waals surface area contributed by atoms with Crippen LogP contribution in [0.15, 0.2) is 23.5 Å². The number of cyclic esters (lactones) is 1. The smallest absolute Gasteiger partial charge is 0.338 e. The Kier molecular flexibility index (Phi) is 12.4. The topological polar surface area (TPSA) is 261 Å². The first kappa shape index (κ1) is 38.0. The van der Waals surface area contributed by atoms with Gasteiger partial charge in [-0.15, -0.1) is 0 Å². The number of aliphatic hydroxyl groups is 8. The van der Waals surface area contributed by atoms with Crippen molar-refractivity contribution in [3.05, 3.63) is 23.5 Å². The number of ether oxygens (including phenoxy) is 7. The molecule has 5 aliphatic rings. The highest BCUT2D eigenvalue weighted by Crippen LogP contribution is 2.45. The average Bonchev–Trinajstić information content (AvgIpc) is 3.39. The average molecular weight is 705 g/mol. The number of rotatable bonds is 8. The Morgan fingerprint density at radius 3 is 2.14 bits per heavy atom. The Morgan fingerprint density at radius 1 is 0.918 bits per heavy atom. The lowest BCUT2D eigenvalue weighted by Crippen LogP contribution is -2.60. The quantitative estimate of drug-likeness (QED) is 0.0937. The van der Waals surface area contributed by atoms with Crippen LogP contribution in [0.3, 0.4) is 0 Å². The van der Waals surface area contributed by atoms with Gasteiger partial charge in [0, 0.05) is 17.4 Å². The van der Waals surface area contributed by atoms with Gasteiger partial charge < -0.3 is 74.0 Å². The summed E-state index contributed by atoms with van der Waals surface area (Å²) < 4.78 is 40.0. The number of allylic oxidation sites excluding steroid dienone is 1. The van der Waals surface area contributed by atoms with Crippen molar-refractivity contribution in [3.63, 3.8) is 0 Å². The van der Waals surface area contributed by atoms with E-state index >= 15 is 0 Å². The van der Waals surface area contributed by atoms with Crippen molar-refractivity contribution < 1.29 is 83.6 Å². The van der Waals surface area contributed by atoms with Gasteiger partial charge in [0.05, 0.1) is 44.7 Å². The lowest BCUT2D eigenvalue weighted by molar-refractivity contribution is -0.327. The van der Waals surface area contributed by atoms with Crippen molar-refractivity contribution in [1.82, 2.24) is 0 Å². The van der Waals surface area contributed by atoms with E-state index in [1.165, 1.54) is 0 Å². The molecule has 0 aromatic rings. The standard InChI is InChI=1S/C32H48O17/c1-4-14-16-6-22(35)43-10-17-13(3)19(5-15(17)12(2)9-44-31-27(40)25(38)23(36)20(7-33)47-31)46-29(42)18(16)11-45-30(14)49-32-28(41)26(39)24(37)21(8-34)48-32/h4,11-13,15-17,19-21,23-28,30-34,36-41H,5-10H2,1-3H3. The van der Waals surface area contributed by atoms with Gasteiger partial charge in [-0.25, -0.2) is 4.79 Å². The molecular formula is C32H48O17. The SMILES string of the molecule is CC=C1C(OC2OC(CO)C(O)C(O)C2O)OC=C2C(=O)OC3CC(C(C)COC4OC(CO)C(O)C(O)C4O)C(COC(=O)CC21)C3C. The van der Waals surface area contributed by atoms with Gasteiger partial charge in [-0.2, -0.15) is 0 Å². The van der Waals surface area contributed by atoms with Gasteiger partial charge in [0.2, 0.25) is 6.29 Å². The van der Waals surface area contributed by atoms with Crippen LogP contribution in [-0.4, -0.2) is 153 Å². The third kappa shape index (κ3) is 7.68. The van der Waals surface area contributed by atoms with Crippen molar-refractivity contribution in [3.8, 4) is 0 Å². The largest absolute Gasteiger partial charge is 0.468 e. The Labute approximate surface area is 282 Å². The second kappa shape index (κ2) is 16.0. The van der Waals surface area contributed by atoms with Crippen molar-refractivity contribution in [2.75, 3.05) is 26.4 Å². The minimum absolute atomic E-state index is 0.0152. The maximum atomic E-state index is 13.7. The molecule has 278 valence electrons. The lowest BCUT2D eigenvalue weighted by Gasteiger charge is -2.42. The molecule has 3 saturated heterocycles. The number of carbonyl (C=O) groups is 2. The molecule has 1 aliphatic carbocycles. The molecule has 5 rings (SSSR count). The number of hydrogen-bond donors (Lipinski definition) is 8. The first-order chi connectivity index (χ1) is 23.3. The molecule has 4 aliphatic heterocycles. The molecule has 17 nitrogen and oxygen atoms in total. The number of hydrogen-bond acceptors (Lipinski definition) is 17. The zero-order valence-corrected chi connectivity index (χ0v) is 27.5. The zero-order chi connectivity index (χ0) is 35.7. The van der Waals surface area contributed by atoms with Crippen molar-refractivity contribution >= 4 is 11.9 Å². The summed E-state index contributed by atoms with van der Waals surface area (Å²) >= 11 is 0. The fraction of sp³-hybridized carbons (Fsp3) is 0.812. The summed E-state index contributed by atoms with van der Waals surface area (Å²) in [5.41, 5.74) is 0.351. The van der Waals surface area contributed by atoms with Gasteiger partial charge in [0.25, 0.3) is 0 Å². The van der Waals surface area contributed by atoms with E-state index in [0.717, 1.165) is 6.26 Å². The van der Waals surface area contributed by atoms with Crippen LogP contribution in [0.2, 0.25) is 0 Å². The van der Waals surface area contributed by atoms with Crippen molar-refractivity contribution in [2.45, 2.75) is 107 Å². The lowest BCUT2D eigenvalue weighted by atomic mass is 9.83. The van der Waals surface area contributed by atoms with Crippen molar-refractivity contribution in [1.29, 1.82) is 0 Å². The molecule has 0 amide bonds. The van der Waals surface area contributed by atoms with Crippen LogP contribution in [-0.2, 0) is 42.7 Å². The summed E-state index contributed by atoms with van der Waals surface area (Å²) in [5.74, 6) is -3.11. The molecular weight excluding hydrogens is 656 g/mol. The van der Waals surface area contributed by atoms with Crippen LogP contribution in [0.4, 0.5) is 0 Å². The van der Waals surface area contributed by atoms with E-state index in [9.17, 15) is 50.4 Å². The maximum absolute atomic E-state index is 13.7. The van der Waals surface area contributed by atoms with Gasteiger partial charge in [0.1, 0.15) is 54.9 Å². The normalized spacial score (nSPS) is 46.1. The van der Waals surface area contributed by atoms with Crippen LogP contribution >= 0.6 is 0 Å². The molecule has 1 saturated carbocycles. The van der Waals surface area contributed by atoms with E-state index in [4.69, 9.17) is 33.2 Å². The van der Waals surface area contributed by atoms with Gasteiger partial charge in [-0.1, -0.05) is 19.9 Å². The Balaban J connectivity index is 1.28. The molecule has 4 fully saturated rings. The number of aliphatic hydroxyl groups excluding tert-OH is 8. The maximum Gasteiger partial charge on any atom is 0.338 e. The van der Waals surface area contributed by atoms with E-state index in [0.29, 0.717) is 12.0 Å². The molecule has 49 heavy (non-hydrogen) atoms. The zero-order valence-electron chi connectivity index (χ0n) is 27.5.